The van der Waals surface area contributed by atoms with Crippen LogP contribution in [0.4, 0.5) is 14.5 Å². The maximum atomic E-state index is 11.9. The molecule has 0 heterocycles. The highest BCUT2D eigenvalue weighted by atomic mass is 19.3. The molecule has 0 atom stereocenters. The largest absolute Gasteiger partial charge is 0.485 e. The molecular formula is C10H9F2NO2. The van der Waals surface area contributed by atoms with Crippen molar-refractivity contribution < 1.29 is 18.3 Å². The summed E-state index contributed by atoms with van der Waals surface area (Å²) in [5.74, 6) is 0.157. The van der Waals surface area contributed by atoms with Crippen LogP contribution >= 0.6 is 0 Å². The highest BCUT2D eigenvalue weighted by molar-refractivity contribution is 5.58. The third kappa shape index (κ3) is 3.48. The number of halogens is 2. The Kier molecular flexibility index (Phi) is 3.94. The number of nitrogens with zero attached hydrogens (tertiary/aromatic N) is 1. The second kappa shape index (κ2) is 5.22. The molecule has 0 saturated heterocycles. The van der Waals surface area contributed by atoms with Gasteiger partial charge in [-0.3, -0.25) is 0 Å². The number of aryl methyl sites for hydroxylation is 1. The van der Waals surface area contributed by atoms with Gasteiger partial charge in [0.05, 0.1) is 0 Å². The second-order valence-corrected chi connectivity index (χ2v) is 2.88. The Hall–Kier alpha value is -1.74. The third-order valence-electron chi connectivity index (χ3n) is 1.65. The zero-order valence-corrected chi connectivity index (χ0v) is 8.04. The van der Waals surface area contributed by atoms with E-state index in [9.17, 15) is 13.6 Å². The lowest BCUT2D eigenvalue weighted by Crippen LogP contribution is -2.07. The topological polar surface area (TPSA) is 38.7 Å². The van der Waals surface area contributed by atoms with E-state index >= 15 is 0 Å². The van der Waals surface area contributed by atoms with Gasteiger partial charge in [0.25, 0.3) is 6.43 Å². The van der Waals surface area contributed by atoms with Crippen molar-refractivity contribution in [3.05, 3.63) is 23.8 Å². The van der Waals surface area contributed by atoms with Gasteiger partial charge in [-0.2, -0.15) is 4.99 Å². The summed E-state index contributed by atoms with van der Waals surface area (Å²) in [6.07, 6.45) is -1.21. The molecular weight excluding hydrogens is 204 g/mol. The number of isocyanates is 1. The Morgan fingerprint density at radius 1 is 1.53 bits per heavy atom. The molecule has 0 unspecified atom stereocenters. The van der Waals surface area contributed by atoms with Crippen LogP contribution in [0.1, 0.15) is 5.56 Å². The minimum absolute atomic E-state index is 0.157. The first-order valence-electron chi connectivity index (χ1n) is 4.23. The minimum Gasteiger partial charge on any atom is -0.485 e. The fraction of sp³-hybridized carbons (Fsp3) is 0.300. The van der Waals surface area contributed by atoms with Gasteiger partial charge in [-0.05, 0) is 24.6 Å². The van der Waals surface area contributed by atoms with Crippen LogP contribution in [0.15, 0.2) is 23.2 Å². The van der Waals surface area contributed by atoms with Gasteiger partial charge in [-0.25, -0.2) is 13.6 Å². The van der Waals surface area contributed by atoms with Crippen molar-refractivity contribution in [3.63, 3.8) is 0 Å². The molecule has 15 heavy (non-hydrogen) atoms. The van der Waals surface area contributed by atoms with E-state index in [1.807, 2.05) is 0 Å². The Morgan fingerprint density at radius 3 is 2.87 bits per heavy atom. The Balaban J connectivity index is 2.90. The highest BCUT2D eigenvalue weighted by Crippen LogP contribution is 2.28. The second-order valence-electron chi connectivity index (χ2n) is 2.88. The number of ether oxygens (including phenoxy) is 1. The lowest BCUT2D eigenvalue weighted by atomic mass is 10.2. The molecule has 0 N–H and O–H groups in total. The molecule has 0 aromatic heterocycles. The first-order valence-corrected chi connectivity index (χ1v) is 4.23. The predicted octanol–water partition coefficient (Wildman–Crippen LogP) is 2.61. The molecule has 5 heteroatoms. The minimum atomic E-state index is -2.56. The lowest BCUT2D eigenvalue weighted by Gasteiger charge is -2.07. The van der Waals surface area contributed by atoms with Crippen molar-refractivity contribution in [1.29, 1.82) is 0 Å². The fourth-order valence-corrected chi connectivity index (χ4v) is 1.04. The van der Waals surface area contributed by atoms with Gasteiger partial charge in [-0.15, -0.1) is 0 Å². The summed E-state index contributed by atoms with van der Waals surface area (Å²) in [6, 6.07) is 4.74. The summed E-state index contributed by atoms with van der Waals surface area (Å²) >= 11 is 0. The summed E-state index contributed by atoms with van der Waals surface area (Å²) < 4.78 is 28.6. The molecule has 1 rings (SSSR count). The van der Waals surface area contributed by atoms with Gasteiger partial charge in [0.15, 0.2) is 0 Å². The van der Waals surface area contributed by atoms with Crippen LogP contribution in [0.5, 0.6) is 5.75 Å². The molecule has 80 valence electrons. The van der Waals surface area contributed by atoms with Crippen molar-refractivity contribution in [2.24, 2.45) is 4.99 Å². The zero-order valence-electron chi connectivity index (χ0n) is 8.04. The SMILES string of the molecule is Cc1ccc(OCC(F)F)c(N=C=O)c1. The molecule has 0 bridgehead atoms. The standard InChI is InChI=1S/C10H9F2NO2/c1-7-2-3-9(15-5-10(11)12)8(4-7)13-6-14/h2-4,10H,5H2,1H3. The highest BCUT2D eigenvalue weighted by Gasteiger charge is 2.07. The van der Waals surface area contributed by atoms with Gasteiger partial charge in [0.1, 0.15) is 18.0 Å². The molecule has 0 radical (unpaired) electrons. The van der Waals surface area contributed by atoms with Gasteiger partial charge in [0, 0.05) is 0 Å². The maximum absolute atomic E-state index is 11.9. The molecule has 1 aromatic rings. The van der Waals surface area contributed by atoms with Gasteiger partial charge in [-0.1, -0.05) is 6.07 Å². The van der Waals surface area contributed by atoms with E-state index in [0.29, 0.717) is 0 Å². The van der Waals surface area contributed by atoms with E-state index in [-0.39, 0.29) is 11.4 Å². The lowest BCUT2D eigenvalue weighted by molar-refractivity contribution is 0.0822. The van der Waals surface area contributed by atoms with Crippen LogP contribution in [-0.4, -0.2) is 19.1 Å². The third-order valence-corrected chi connectivity index (χ3v) is 1.65. The first-order chi connectivity index (χ1) is 7.13. The van der Waals surface area contributed by atoms with Crippen LogP contribution < -0.4 is 4.74 Å². The number of hydrogen-bond acceptors (Lipinski definition) is 3. The molecule has 0 spiro atoms. The zero-order chi connectivity index (χ0) is 11.3. The normalized spacial score (nSPS) is 9.87. The van der Waals surface area contributed by atoms with Crippen molar-refractivity contribution in [2.75, 3.05) is 6.61 Å². The van der Waals surface area contributed by atoms with Crippen LogP contribution in [0, 0.1) is 6.92 Å². The summed E-state index contributed by atoms with van der Waals surface area (Å²) in [6.45, 7) is 1.07. The molecule has 1 aromatic carbocycles. The monoisotopic (exact) mass is 213 g/mol. The predicted molar refractivity (Wildman–Crippen MR) is 50.5 cm³/mol. The van der Waals surface area contributed by atoms with E-state index in [1.54, 1.807) is 19.1 Å². The Labute approximate surface area is 85.4 Å². The number of alkyl halides is 2. The van der Waals surface area contributed by atoms with Crippen LogP contribution in [0.2, 0.25) is 0 Å². The van der Waals surface area contributed by atoms with Crippen molar-refractivity contribution >= 4 is 11.8 Å². The molecule has 0 aliphatic heterocycles. The Morgan fingerprint density at radius 2 is 2.27 bits per heavy atom. The molecule has 0 saturated carbocycles. The number of hydrogen-bond donors (Lipinski definition) is 0. The van der Waals surface area contributed by atoms with Gasteiger partial charge < -0.3 is 4.74 Å². The van der Waals surface area contributed by atoms with Crippen molar-refractivity contribution in [1.82, 2.24) is 0 Å². The average molecular weight is 213 g/mol. The number of benzene rings is 1. The number of rotatable bonds is 4. The molecule has 0 fully saturated rings. The quantitative estimate of drug-likeness (QED) is 0.569. The van der Waals surface area contributed by atoms with Gasteiger partial charge in [0.2, 0.25) is 6.08 Å². The summed E-state index contributed by atoms with van der Waals surface area (Å²) in [5.41, 5.74) is 1.07. The van der Waals surface area contributed by atoms with Crippen LogP contribution in [0.25, 0.3) is 0 Å². The Bertz CT molecular complexity index is 387. The van der Waals surface area contributed by atoms with Crippen molar-refractivity contribution in [3.8, 4) is 5.75 Å². The maximum Gasteiger partial charge on any atom is 0.272 e. The summed E-state index contributed by atoms with van der Waals surface area (Å²) in [7, 11) is 0. The molecule has 3 nitrogen and oxygen atoms in total. The van der Waals surface area contributed by atoms with E-state index in [4.69, 9.17) is 4.74 Å². The summed E-state index contributed by atoms with van der Waals surface area (Å²) in [5, 5.41) is 0. The number of aliphatic imine (C=N–C) groups is 1. The van der Waals surface area contributed by atoms with Crippen LogP contribution in [0.3, 0.4) is 0 Å². The van der Waals surface area contributed by atoms with E-state index in [2.05, 4.69) is 4.99 Å². The molecule has 0 aliphatic rings. The van der Waals surface area contributed by atoms with Crippen LogP contribution in [-0.2, 0) is 4.79 Å². The van der Waals surface area contributed by atoms with E-state index in [0.717, 1.165) is 5.56 Å². The fourth-order valence-electron chi connectivity index (χ4n) is 1.04. The average Bonchev–Trinajstić information content (AvgIpc) is 2.17. The summed E-state index contributed by atoms with van der Waals surface area (Å²) in [4.78, 5) is 13.5. The molecule has 0 amide bonds. The smallest absolute Gasteiger partial charge is 0.272 e. The van der Waals surface area contributed by atoms with Crippen molar-refractivity contribution in [2.45, 2.75) is 13.3 Å². The first kappa shape index (κ1) is 11.3. The molecule has 0 aliphatic carbocycles. The van der Waals surface area contributed by atoms with E-state index in [1.165, 1.54) is 12.1 Å². The van der Waals surface area contributed by atoms with Gasteiger partial charge >= 0.3 is 0 Å². The number of carbonyl (C=O) groups excluding carboxylic acids is 1. The van der Waals surface area contributed by atoms with E-state index < -0.39 is 13.0 Å².